The summed E-state index contributed by atoms with van der Waals surface area (Å²) >= 11 is 0. The van der Waals surface area contributed by atoms with Gasteiger partial charge in [-0.15, -0.1) is 0 Å². The number of fused-ring (bicyclic) bond motifs is 2. The quantitative estimate of drug-likeness (QED) is 0.413. The van der Waals surface area contributed by atoms with E-state index in [1.165, 1.54) is 9.13 Å². The van der Waals surface area contributed by atoms with Gasteiger partial charge in [0.05, 0.1) is 16.5 Å². The van der Waals surface area contributed by atoms with Gasteiger partial charge in [0.25, 0.3) is 11.5 Å². The van der Waals surface area contributed by atoms with Gasteiger partial charge in [-0.1, -0.05) is 0 Å². The molecule has 0 aliphatic heterocycles. The summed E-state index contributed by atoms with van der Waals surface area (Å²) in [5.74, 6) is -0.765. The zero-order chi connectivity index (χ0) is 24.9. The molecule has 3 heterocycles. The van der Waals surface area contributed by atoms with Crippen LogP contribution in [0.3, 0.4) is 0 Å². The Morgan fingerprint density at radius 3 is 2.66 bits per heavy atom. The van der Waals surface area contributed by atoms with Crippen LogP contribution in [-0.4, -0.2) is 50.5 Å². The molecule has 1 fully saturated rings. The molecule has 1 saturated carbocycles. The minimum Gasteiger partial charge on any atom is -0.408 e. The van der Waals surface area contributed by atoms with E-state index >= 15 is 0 Å². The number of pyridine rings is 1. The molecule has 0 radical (unpaired) electrons. The highest BCUT2D eigenvalue weighted by molar-refractivity contribution is 6.12. The van der Waals surface area contributed by atoms with Gasteiger partial charge in [-0.3, -0.25) is 23.7 Å². The number of aromatic amines is 1. The van der Waals surface area contributed by atoms with E-state index in [-0.39, 0.29) is 22.5 Å². The Balaban J connectivity index is 1.58. The van der Waals surface area contributed by atoms with Crippen LogP contribution in [0.1, 0.15) is 41.7 Å². The van der Waals surface area contributed by atoms with Crippen molar-refractivity contribution in [1.82, 2.24) is 24.0 Å². The number of anilines is 1. The summed E-state index contributed by atoms with van der Waals surface area (Å²) in [6.07, 6.45) is 1.89. The lowest BCUT2D eigenvalue weighted by atomic mass is 10.1. The van der Waals surface area contributed by atoms with Gasteiger partial charge in [-0.05, 0) is 58.1 Å². The molecule has 3 aromatic heterocycles. The Hall–Kier alpha value is -3.99. The fourth-order valence-corrected chi connectivity index (χ4v) is 4.20. The van der Waals surface area contributed by atoms with Crippen molar-refractivity contribution < 1.29 is 9.21 Å². The Morgan fingerprint density at radius 2 is 1.97 bits per heavy atom. The standard InChI is InChI=1S/C24H26N6O5/c1-4-29-20-19(22(32)27-23(29)33)15(12-16(26-20)13-5-6-13)21(31)25-14-7-8-18-17(11-14)30(24(34)35-18)10-9-28(2)3/h7-8,11-13H,4-6,9-10H2,1-3H3,(H,25,31)(H,27,32,33). The number of H-pyrrole nitrogens is 1. The number of nitrogens with zero attached hydrogens (tertiary/aromatic N) is 4. The topological polar surface area (TPSA) is 135 Å². The first-order valence-corrected chi connectivity index (χ1v) is 11.5. The molecule has 4 aromatic rings. The van der Waals surface area contributed by atoms with Gasteiger partial charge in [0.1, 0.15) is 0 Å². The molecule has 1 amide bonds. The highest BCUT2D eigenvalue weighted by Gasteiger charge is 2.28. The molecule has 2 N–H and O–H groups in total. The molecule has 0 atom stereocenters. The minimum absolute atomic E-state index is 0.0700. The Labute approximate surface area is 199 Å². The van der Waals surface area contributed by atoms with Gasteiger partial charge in [0.2, 0.25) is 0 Å². The predicted molar refractivity (Wildman–Crippen MR) is 131 cm³/mol. The van der Waals surface area contributed by atoms with Crippen molar-refractivity contribution in [2.24, 2.45) is 0 Å². The molecule has 0 spiro atoms. The average Bonchev–Trinajstić information content (AvgIpc) is 3.61. The number of hydrogen-bond donors (Lipinski definition) is 2. The summed E-state index contributed by atoms with van der Waals surface area (Å²) in [7, 11) is 3.82. The molecule has 0 unspecified atom stereocenters. The lowest BCUT2D eigenvalue weighted by molar-refractivity contribution is 0.102. The second kappa shape index (κ2) is 8.66. The van der Waals surface area contributed by atoms with Crippen molar-refractivity contribution in [3.8, 4) is 0 Å². The van der Waals surface area contributed by atoms with Crippen molar-refractivity contribution in [3.63, 3.8) is 0 Å². The summed E-state index contributed by atoms with van der Waals surface area (Å²) < 4.78 is 8.20. The minimum atomic E-state index is -0.655. The summed E-state index contributed by atoms with van der Waals surface area (Å²) in [5.41, 5.74) is 1.26. The van der Waals surface area contributed by atoms with E-state index in [4.69, 9.17) is 4.42 Å². The molecule has 0 bridgehead atoms. The van der Waals surface area contributed by atoms with Gasteiger partial charge in [0.15, 0.2) is 11.2 Å². The smallest absolute Gasteiger partial charge is 0.408 e. The summed E-state index contributed by atoms with van der Waals surface area (Å²) in [4.78, 5) is 59.6. The predicted octanol–water partition coefficient (Wildman–Crippen LogP) is 1.70. The zero-order valence-electron chi connectivity index (χ0n) is 19.8. The summed E-state index contributed by atoms with van der Waals surface area (Å²) in [6, 6.07) is 6.57. The maximum atomic E-state index is 13.4. The molecule has 5 rings (SSSR count). The number of carbonyl (C=O) groups is 1. The lowest BCUT2D eigenvalue weighted by Crippen LogP contribution is -2.32. The normalized spacial score (nSPS) is 13.7. The third-order valence-corrected chi connectivity index (χ3v) is 6.22. The van der Waals surface area contributed by atoms with Crippen molar-refractivity contribution in [2.45, 2.75) is 38.8 Å². The van der Waals surface area contributed by atoms with Crippen LogP contribution in [0.25, 0.3) is 22.1 Å². The summed E-state index contributed by atoms with van der Waals surface area (Å²) in [5, 5.41) is 2.91. The number of oxazole rings is 1. The molecule has 1 aromatic carbocycles. The molecule has 11 heteroatoms. The highest BCUT2D eigenvalue weighted by atomic mass is 16.4. The number of likely N-dealkylation sites (N-methyl/N-ethyl adjacent to an activating group) is 1. The third kappa shape index (κ3) is 4.18. The fraction of sp³-hybridized carbons (Fsp3) is 0.375. The van der Waals surface area contributed by atoms with Gasteiger partial charge in [0, 0.05) is 36.9 Å². The van der Waals surface area contributed by atoms with Crippen molar-refractivity contribution >= 4 is 33.7 Å². The fourth-order valence-electron chi connectivity index (χ4n) is 4.20. The van der Waals surface area contributed by atoms with Crippen LogP contribution in [0.4, 0.5) is 5.69 Å². The number of hydrogen-bond acceptors (Lipinski definition) is 7. The second-order valence-corrected chi connectivity index (χ2v) is 9.03. The van der Waals surface area contributed by atoms with Crippen LogP contribution in [0.5, 0.6) is 0 Å². The van der Waals surface area contributed by atoms with Crippen molar-refractivity contribution in [3.05, 3.63) is 66.9 Å². The number of benzene rings is 1. The van der Waals surface area contributed by atoms with Gasteiger partial charge < -0.3 is 14.6 Å². The van der Waals surface area contributed by atoms with Crippen molar-refractivity contribution in [1.29, 1.82) is 0 Å². The molecule has 1 aliphatic rings. The van der Waals surface area contributed by atoms with Crippen LogP contribution < -0.4 is 22.3 Å². The average molecular weight is 479 g/mol. The molecule has 182 valence electrons. The van der Waals surface area contributed by atoms with Crippen LogP contribution in [0.2, 0.25) is 0 Å². The number of nitrogens with one attached hydrogen (secondary N) is 2. The third-order valence-electron chi connectivity index (χ3n) is 6.22. The van der Waals surface area contributed by atoms with E-state index in [1.54, 1.807) is 31.2 Å². The largest absolute Gasteiger partial charge is 0.419 e. The van der Waals surface area contributed by atoms with Gasteiger partial charge in [-0.25, -0.2) is 14.6 Å². The van der Waals surface area contributed by atoms with E-state index in [0.29, 0.717) is 42.1 Å². The number of aryl methyl sites for hydroxylation is 1. The Morgan fingerprint density at radius 1 is 1.20 bits per heavy atom. The second-order valence-electron chi connectivity index (χ2n) is 9.03. The molecule has 1 aliphatic carbocycles. The van der Waals surface area contributed by atoms with E-state index < -0.39 is 22.9 Å². The molecule has 0 saturated heterocycles. The maximum absolute atomic E-state index is 13.4. The zero-order valence-corrected chi connectivity index (χ0v) is 19.8. The number of rotatable bonds is 7. The van der Waals surface area contributed by atoms with Crippen LogP contribution in [0, 0.1) is 0 Å². The van der Waals surface area contributed by atoms with E-state index in [2.05, 4.69) is 15.3 Å². The summed E-state index contributed by atoms with van der Waals surface area (Å²) in [6.45, 7) is 3.15. The van der Waals surface area contributed by atoms with Crippen LogP contribution in [0.15, 0.2) is 43.1 Å². The van der Waals surface area contributed by atoms with E-state index in [9.17, 15) is 19.2 Å². The number of carbonyl (C=O) groups excluding carboxylic acids is 1. The maximum Gasteiger partial charge on any atom is 0.419 e. The van der Waals surface area contributed by atoms with Crippen LogP contribution >= 0.6 is 0 Å². The molecular weight excluding hydrogens is 452 g/mol. The first-order chi connectivity index (χ1) is 16.8. The molecule has 35 heavy (non-hydrogen) atoms. The lowest BCUT2D eigenvalue weighted by Gasteiger charge is -2.13. The first-order valence-electron chi connectivity index (χ1n) is 11.5. The van der Waals surface area contributed by atoms with Crippen LogP contribution in [-0.2, 0) is 13.1 Å². The van der Waals surface area contributed by atoms with Gasteiger partial charge >= 0.3 is 11.4 Å². The Bertz CT molecular complexity index is 1640. The Kier molecular flexibility index (Phi) is 5.64. The van der Waals surface area contributed by atoms with E-state index in [0.717, 1.165) is 12.8 Å². The molecular formula is C24H26N6O5. The van der Waals surface area contributed by atoms with E-state index in [1.807, 2.05) is 19.0 Å². The van der Waals surface area contributed by atoms with Gasteiger partial charge in [-0.2, -0.15) is 0 Å². The molecule has 11 nitrogen and oxygen atoms in total. The SMILES string of the molecule is CCn1c(=O)[nH]c(=O)c2c(C(=O)Nc3ccc4oc(=O)n(CCN(C)C)c4c3)cc(C3CC3)nc21. The van der Waals surface area contributed by atoms with Crippen molar-refractivity contribution in [2.75, 3.05) is 26.0 Å². The highest BCUT2D eigenvalue weighted by Crippen LogP contribution is 2.40. The number of amides is 1. The monoisotopic (exact) mass is 478 g/mol. The first kappa shape index (κ1) is 22.8. The number of aromatic nitrogens is 4.